The monoisotopic (exact) mass is 477 g/mol. The van der Waals surface area contributed by atoms with Gasteiger partial charge in [0.15, 0.2) is 5.69 Å². The highest BCUT2D eigenvalue weighted by atomic mass is 16.5. The molecule has 1 saturated carbocycles. The molecule has 1 unspecified atom stereocenters. The lowest BCUT2D eigenvalue weighted by Gasteiger charge is -2.26. The van der Waals surface area contributed by atoms with E-state index in [4.69, 9.17) is 18.9 Å². The Balaban J connectivity index is 1.06. The highest BCUT2D eigenvalue weighted by Crippen LogP contribution is 2.31. The number of fused-ring (bicyclic) bond motifs is 2. The molecule has 2 aliphatic heterocycles. The summed E-state index contributed by atoms with van der Waals surface area (Å²) in [6.07, 6.45) is 6.57. The first-order valence-corrected chi connectivity index (χ1v) is 11.9. The van der Waals surface area contributed by atoms with Crippen LogP contribution in [0.3, 0.4) is 0 Å². The molecule has 1 fully saturated rings. The lowest BCUT2D eigenvalue weighted by Crippen LogP contribution is -2.43. The topological polar surface area (TPSA) is 110 Å². The lowest BCUT2D eigenvalue weighted by atomic mass is 9.98. The summed E-state index contributed by atoms with van der Waals surface area (Å²) in [5.41, 5.74) is 3.20. The number of aromatic nitrogens is 4. The predicted molar refractivity (Wildman–Crippen MR) is 125 cm³/mol. The van der Waals surface area contributed by atoms with Crippen molar-refractivity contribution in [3.8, 4) is 28.8 Å². The van der Waals surface area contributed by atoms with E-state index in [1.807, 2.05) is 18.2 Å². The zero-order valence-electron chi connectivity index (χ0n) is 19.5. The van der Waals surface area contributed by atoms with E-state index in [1.165, 1.54) is 20.0 Å². The summed E-state index contributed by atoms with van der Waals surface area (Å²) in [4.78, 5) is 21.2. The van der Waals surface area contributed by atoms with Crippen LogP contribution in [0.25, 0.3) is 11.1 Å². The normalized spacial score (nSPS) is 20.4. The quantitative estimate of drug-likeness (QED) is 0.526. The average molecular weight is 478 g/mol. The second-order valence-electron chi connectivity index (χ2n) is 9.24. The van der Waals surface area contributed by atoms with Gasteiger partial charge < -0.3 is 24.3 Å². The fraction of sp³-hybridized carbons (Fsp3) is 0.440. The molecule has 0 bridgehead atoms. The zero-order chi connectivity index (χ0) is 23.8. The number of hydrogen-bond acceptors (Lipinski definition) is 8. The van der Waals surface area contributed by atoms with E-state index >= 15 is 0 Å². The largest absolute Gasteiger partial charge is 0.491 e. The minimum atomic E-state index is -0.242. The number of carbonyl (C=O) groups is 1. The average Bonchev–Trinajstić information content (AvgIpc) is 3.50. The van der Waals surface area contributed by atoms with Gasteiger partial charge >= 0.3 is 6.01 Å². The van der Waals surface area contributed by atoms with Gasteiger partial charge in [0.25, 0.3) is 5.91 Å². The molecule has 182 valence electrons. The second kappa shape index (κ2) is 9.18. The maximum Gasteiger partial charge on any atom is 0.316 e. The van der Waals surface area contributed by atoms with E-state index in [9.17, 15) is 4.79 Å². The molecular weight excluding hydrogens is 450 g/mol. The molecule has 0 spiro atoms. The molecule has 10 heteroatoms. The summed E-state index contributed by atoms with van der Waals surface area (Å²) in [6, 6.07) is 7.80. The molecule has 6 rings (SSSR count). The van der Waals surface area contributed by atoms with Gasteiger partial charge in [-0.1, -0.05) is 6.07 Å². The Morgan fingerprint density at radius 3 is 2.80 bits per heavy atom. The number of methoxy groups -OCH3 is 1. The fourth-order valence-corrected chi connectivity index (χ4v) is 4.37. The SMILES string of the molecule is COc1ncc(-c2ccc3c(c2)C[C@@H](NC(=O)c2cc4n(n2)CC(COCC2CC2)O4)CO3)cn1. The number of nitrogens with one attached hydrogen (secondary N) is 1. The number of carbonyl (C=O) groups excluding carboxylic acids is 1. The van der Waals surface area contributed by atoms with Crippen molar-refractivity contribution in [2.45, 2.75) is 38.0 Å². The minimum Gasteiger partial charge on any atom is -0.491 e. The smallest absolute Gasteiger partial charge is 0.316 e. The van der Waals surface area contributed by atoms with Crippen LogP contribution in [0, 0.1) is 5.92 Å². The molecule has 3 aliphatic rings. The van der Waals surface area contributed by atoms with Gasteiger partial charge in [-0.25, -0.2) is 14.6 Å². The van der Waals surface area contributed by atoms with Crippen molar-refractivity contribution >= 4 is 5.91 Å². The number of benzene rings is 1. The molecule has 1 aromatic carbocycles. The summed E-state index contributed by atoms with van der Waals surface area (Å²) in [7, 11) is 1.53. The van der Waals surface area contributed by atoms with E-state index in [-0.39, 0.29) is 18.1 Å². The molecule has 1 amide bonds. The van der Waals surface area contributed by atoms with Crippen molar-refractivity contribution in [2.75, 3.05) is 26.9 Å². The van der Waals surface area contributed by atoms with Crippen LogP contribution < -0.4 is 19.5 Å². The highest BCUT2D eigenvalue weighted by molar-refractivity contribution is 5.92. The predicted octanol–water partition coefficient (Wildman–Crippen LogP) is 2.27. The molecule has 3 aromatic rings. The Kier molecular flexibility index (Phi) is 5.73. The fourth-order valence-electron chi connectivity index (χ4n) is 4.37. The Morgan fingerprint density at radius 1 is 1.17 bits per heavy atom. The first kappa shape index (κ1) is 21.8. The van der Waals surface area contributed by atoms with Crippen LogP contribution in [-0.2, 0) is 17.7 Å². The first-order valence-electron chi connectivity index (χ1n) is 11.9. The van der Waals surface area contributed by atoms with Gasteiger partial charge in [-0.15, -0.1) is 0 Å². The van der Waals surface area contributed by atoms with Crippen LogP contribution in [0.1, 0.15) is 28.9 Å². The molecule has 1 N–H and O–H groups in total. The summed E-state index contributed by atoms with van der Waals surface area (Å²) < 4.78 is 24.3. The molecule has 35 heavy (non-hydrogen) atoms. The van der Waals surface area contributed by atoms with Crippen molar-refractivity contribution in [3.63, 3.8) is 0 Å². The summed E-state index contributed by atoms with van der Waals surface area (Å²) >= 11 is 0. The van der Waals surface area contributed by atoms with Crippen LogP contribution in [0.15, 0.2) is 36.7 Å². The van der Waals surface area contributed by atoms with E-state index in [2.05, 4.69) is 20.4 Å². The standard InChI is InChI=1S/C25H27N5O5/c1-32-25-26-9-18(10-27-25)16-4-5-22-17(6-16)7-19(13-34-22)28-24(31)21-8-23-30(29-21)11-20(35-23)14-33-12-15-2-3-15/h4-6,8-10,15,19-20H,2-3,7,11-14H2,1H3,(H,28,31)/t19-,20?/m1/s1. The van der Waals surface area contributed by atoms with Gasteiger partial charge in [0, 0.05) is 30.6 Å². The van der Waals surface area contributed by atoms with Gasteiger partial charge in [0.05, 0.1) is 26.3 Å². The molecule has 2 atom stereocenters. The Labute approximate surface area is 202 Å². The van der Waals surface area contributed by atoms with Crippen LogP contribution in [0.5, 0.6) is 17.6 Å². The summed E-state index contributed by atoms with van der Waals surface area (Å²) in [5.74, 6) is 1.90. The second-order valence-corrected chi connectivity index (χ2v) is 9.24. The number of hydrogen-bond donors (Lipinski definition) is 1. The highest BCUT2D eigenvalue weighted by Gasteiger charge is 2.29. The van der Waals surface area contributed by atoms with E-state index < -0.39 is 0 Å². The third kappa shape index (κ3) is 4.79. The number of rotatable bonds is 8. The van der Waals surface area contributed by atoms with Crippen molar-refractivity contribution < 1.29 is 23.7 Å². The number of ether oxygens (including phenoxy) is 4. The van der Waals surface area contributed by atoms with Gasteiger partial charge in [0.2, 0.25) is 5.88 Å². The zero-order valence-corrected chi connectivity index (χ0v) is 19.5. The molecule has 0 saturated heterocycles. The van der Waals surface area contributed by atoms with Crippen molar-refractivity contribution in [1.82, 2.24) is 25.1 Å². The minimum absolute atomic E-state index is 0.0538. The molecule has 10 nitrogen and oxygen atoms in total. The molecule has 1 aliphatic carbocycles. The van der Waals surface area contributed by atoms with Gasteiger partial charge in [0.1, 0.15) is 18.5 Å². The Hall–Kier alpha value is -3.66. The Bertz CT molecular complexity index is 1200. The first-order chi connectivity index (χ1) is 17.1. The van der Waals surface area contributed by atoms with Gasteiger partial charge in [-0.05, 0) is 48.4 Å². The summed E-state index contributed by atoms with van der Waals surface area (Å²) in [5, 5.41) is 7.48. The third-order valence-corrected chi connectivity index (χ3v) is 6.44. The van der Waals surface area contributed by atoms with Gasteiger partial charge in [-0.3, -0.25) is 4.79 Å². The van der Waals surface area contributed by atoms with Crippen molar-refractivity contribution in [1.29, 1.82) is 0 Å². The van der Waals surface area contributed by atoms with Crippen LogP contribution in [0.2, 0.25) is 0 Å². The van der Waals surface area contributed by atoms with E-state index in [1.54, 1.807) is 23.1 Å². The molecule has 4 heterocycles. The molecule has 2 aromatic heterocycles. The maximum absolute atomic E-state index is 12.9. The van der Waals surface area contributed by atoms with E-state index in [0.29, 0.717) is 43.8 Å². The van der Waals surface area contributed by atoms with Crippen LogP contribution in [0.4, 0.5) is 0 Å². The Morgan fingerprint density at radius 2 is 2.03 bits per heavy atom. The third-order valence-electron chi connectivity index (χ3n) is 6.44. The number of amides is 1. The van der Waals surface area contributed by atoms with Crippen molar-refractivity contribution in [2.24, 2.45) is 5.92 Å². The maximum atomic E-state index is 12.9. The molecular formula is C25H27N5O5. The van der Waals surface area contributed by atoms with Crippen molar-refractivity contribution in [3.05, 3.63) is 47.9 Å². The lowest BCUT2D eigenvalue weighted by molar-refractivity contribution is 0.0535. The molecule has 0 radical (unpaired) electrons. The van der Waals surface area contributed by atoms with E-state index in [0.717, 1.165) is 35.0 Å². The number of nitrogens with zero attached hydrogens (tertiary/aromatic N) is 4. The summed E-state index contributed by atoms with van der Waals surface area (Å²) in [6.45, 7) is 2.34. The van der Waals surface area contributed by atoms with Gasteiger partial charge in [-0.2, -0.15) is 5.10 Å². The van der Waals surface area contributed by atoms with Crippen LogP contribution >= 0.6 is 0 Å². The van der Waals surface area contributed by atoms with Crippen LogP contribution in [-0.4, -0.2) is 64.7 Å².